The summed E-state index contributed by atoms with van der Waals surface area (Å²) in [6, 6.07) is 1.78. The summed E-state index contributed by atoms with van der Waals surface area (Å²) in [5, 5.41) is 0. The maximum atomic E-state index is 12.7. The normalized spacial score (nSPS) is 17.1. The van der Waals surface area contributed by atoms with Crippen molar-refractivity contribution >= 4 is 17.6 Å². The van der Waals surface area contributed by atoms with E-state index in [1.807, 2.05) is 49.0 Å². The Morgan fingerprint density at radius 1 is 1.15 bits per heavy atom. The lowest BCUT2D eigenvalue weighted by Gasteiger charge is -2.36. The molecule has 8 nitrogen and oxygen atoms in total. The number of nitrogens with zero attached hydrogens (tertiary/aromatic N) is 6. The van der Waals surface area contributed by atoms with Crippen molar-refractivity contribution in [2.24, 2.45) is 0 Å². The number of anilines is 1. The van der Waals surface area contributed by atoms with Crippen LogP contribution in [0.15, 0.2) is 6.07 Å². The first kappa shape index (κ1) is 21.1. The van der Waals surface area contributed by atoms with Crippen molar-refractivity contribution in [3.63, 3.8) is 0 Å². The maximum Gasteiger partial charge on any atom is 0.237 e. The third kappa shape index (κ3) is 5.63. The van der Waals surface area contributed by atoms with Crippen molar-refractivity contribution < 1.29 is 9.59 Å². The summed E-state index contributed by atoms with van der Waals surface area (Å²) in [6.07, 6.45) is 2.91. The number of likely N-dealkylation sites (tertiary alicyclic amines) is 1. The smallest absolute Gasteiger partial charge is 0.237 e. The monoisotopic (exact) mass is 376 g/mol. The summed E-state index contributed by atoms with van der Waals surface area (Å²) < 4.78 is 0. The Balaban J connectivity index is 2.36. The molecule has 1 unspecified atom stereocenters. The Labute approximate surface area is 162 Å². The van der Waals surface area contributed by atoms with Gasteiger partial charge in [0.2, 0.25) is 11.8 Å². The fourth-order valence-corrected chi connectivity index (χ4v) is 3.18. The third-order valence-corrected chi connectivity index (χ3v) is 4.75. The highest BCUT2D eigenvalue weighted by Gasteiger charge is 2.30. The number of hydrogen-bond donors (Lipinski definition) is 0. The van der Waals surface area contributed by atoms with E-state index in [2.05, 4.69) is 0 Å². The fourth-order valence-electron chi connectivity index (χ4n) is 3.18. The molecule has 150 valence electrons. The van der Waals surface area contributed by atoms with Crippen molar-refractivity contribution in [2.45, 2.75) is 38.8 Å². The zero-order valence-electron chi connectivity index (χ0n) is 17.4. The Morgan fingerprint density at radius 2 is 1.85 bits per heavy atom. The van der Waals surface area contributed by atoms with Gasteiger partial charge in [-0.25, -0.2) is 9.97 Å². The van der Waals surface area contributed by atoms with Gasteiger partial charge in [0.1, 0.15) is 5.82 Å². The van der Waals surface area contributed by atoms with Crippen LogP contribution in [-0.2, 0) is 16.1 Å². The Kier molecular flexibility index (Phi) is 7.12. The lowest BCUT2D eigenvalue weighted by molar-refractivity contribution is -0.136. The molecule has 1 aromatic rings. The minimum absolute atomic E-state index is 0.0120. The molecule has 1 aromatic heterocycles. The van der Waals surface area contributed by atoms with Gasteiger partial charge in [-0.05, 0) is 33.4 Å². The molecular weight excluding hydrogens is 344 g/mol. The molecule has 2 heterocycles. The average Bonchev–Trinajstić information content (AvgIpc) is 2.60. The SMILES string of the molecule is CC(=O)N(C)Cc1cc(N(C)C)nc(C2CCCCN2C(=O)CN(C)C)n1. The van der Waals surface area contributed by atoms with Gasteiger partial charge in [-0.3, -0.25) is 9.59 Å². The summed E-state index contributed by atoms with van der Waals surface area (Å²) in [5.74, 6) is 1.55. The van der Waals surface area contributed by atoms with E-state index < -0.39 is 0 Å². The van der Waals surface area contributed by atoms with E-state index in [9.17, 15) is 9.59 Å². The molecule has 1 fully saturated rings. The van der Waals surface area contributed by atoms with E-state index in [1.54, 1.807) is 11.9 Å². The molecule has 2 rings (SSSR count). The molecule has 27 heavy (non-hydrogen) atoms. The molecule has 1 saturated heterocycles. The van der Waals surface area contributed by atoms with Gasteiger partial charge in [0.25, 0.3) is 0 Å². The van der Waals surface area contributed by atoms with E-state index in [0.717, 1.165) is 37.3 Å². The van der Waals surface area contributed by atoms with Crippen molar-refractivity contribution in [3.05, 3.63) is 17.6 Å². The molecule has 0 aromatic carbocycles. The van der Waals surface area contributed by atoms with E-state index in [-0.39, 0.29) is 17.9 Å². The van der Waals surface area contributed by atoms with Crippen LogP contribution in [-0.4, -0.2) is 84.8 Å². The van der Waals surface area contributed by atoms with Crippen LogP contribution < -0.4 is 4.90 Å². The minimum atomic E-state index is -0.118. The summed E-state index contributed by atoms with van der Waals surface area (Å²) in [5.41, 5.74) is 0.784. The van der Waals surface area contributed by atoms with Crippen molar-refractivity contribution in [1.29, 1.82) is 0 Å². The molecule has 1 atom stereocenters. The number of hydrogen-bond acceptors (Lipinski definition) is 6. The zero-order chi connectivity index (χ0) is 20.1. The molecule has 0 aliphatic carbocycles. The van der Waals surface area contributed by atoms with Crippen molar-refractivity contribution in [2.75, 3.05) is 53.2 Å². The largest absolute Gasteiger partial charge is 0.363 e. The lowest BCUT2D eigenvalue weighted by atomic mass is 10.0. The second-order valence-electron chi connectivity index (χ2n) is 7.68. The number of piperidine rings is 1. The first-order valence-electron chi connectivity index (χ1n) is 9.40. The van der Waals surface area contributed by atoms with Crippen LogP contribution in [0.3, 0.4) is 0 Å². The van der Waals surface area contributed by atoms with Crippen LogP contribution in [0.25, 0.3) is 0 Å². The van der Waals surface area contributed by atoms with Crippen LogP contribution in [0.2, 0.25) is 0 Å². The number of carbonyl (C=O) groups is 2. The van der Waals surface area contributed by atoms with Gasteiger partial charge >= 0.3 is 0 Å². The number of likely N-dealkylation sites (N-methyl/N-ethyl adjacent to an activating group) is 1. The Hall–Kier alpha value is -2.22. The molecule has 1 aliphatic rings. The highest BCUT2D eigenvalue weighted by molar-refractivity contribution is 5.78. The lowest BCUT2D eigenvalue weighted by Crippen LogP contribution is -2.43. The fraction of sp³-hybridized carbons (Fsp3) is 0.684. The molecule has 0 bridgehead atoms. The van der Waals surface area contributed by atoms with E-state index in [0.29, 0.717) is 18.9 Å². The van der Waals surface area contributed by atoms with Gasteiger partial charge in [0.15, 0.2) is 5.82 Å². The molecule has 2 amide bonds. The van der Waals surface area contributed by atoms with Gasteiger partial charge in [-0.2, -0.15) is 0 Å². The van der Waals surface area contributed by atoms with Crippen molar-refractivity contribution in [3.8, 4) is 0 Å². The van der Waals surface area contributed by atoms with Crippen molar-refractivity contribution in [1.82, 2.24) is 24.7 Å². The Morgan fingerprint density at radius 3 is 2.44 bits per heavy atom. The molecule has 0 spiro atoms. The van der Waals surface area contributed by atoms with Gasteiger partial charge in [-0.15, -0.1) is 0 Å². The highest BCUT2D eigenvalue weighted by Crippen LogP contribution is 2.30. The summed E-state index contributed by atoms with van der Waals surface area (Å²) >= 11 is 0. The zero-order valence-corrected chi connectivity index (χ0v) is 17.4. The number of aromatic nitrogens is 2. The number of rotatable bonds is 6. The predicted octanol–water partition coefficient (Wildman–Crippen LogP) is 1.14. The highest BCUT2D eigenvalue weighted by atomic mass is 16.2. The summed E-state index contributed by atoms with van der Waals surface area (Å²) in [6.45, 7) is 3.07. The van der Waals surface area contributed by atoms with E-state index in [4.69, 9.17) is 9.97 Å². The number of carbonyl (C=O) groups excluding carboxylic acids is 2. The maximum absolute atomic E-state index is 12.7. The van der Waals surface area contributed by atoms with Crippen LogP contribution in [0.1, 0.15) is 43.7 Å². The molecule has 0 saturated carbocycles. The van der Waals surface area contributed by atoms with Crippen LogP contribution in [0.4, 0.5) is 5.82 Å². The average molecular weight is 377 g/mol. The molecule has 8 heteroatoms. The summed E-state index contributed by atoms with van der Waals surface area (Å²) in [7, 11) is 9.42. The first-order chi connectivity index (χ1) is 12.7. The van der Waals surface area contributed by atoms with E-state index in [1.165, 1.54) is 6.92 Å². The second-order valence-corrected chi connectivity index (χ2v) is 7.68. The summed E-state index contributed by atoms with van der Waals surface area (Å²) in [4.78, 5) is 41.2. The molecule has 0 N–H and O–H groups in total. The number of amides is 2. The molecular formula is C19H32N6O2. The minimum Gasteiger partial charge on any atom is -0.363 e. The second kappa shape index (κ2) is 9.12. The standard InChI is InChI=1S/C19H32N6O2/c1-14(26)24(6)12-15-11-17(23(4)5)21-19(20-15)16-9-7-8-10-25(16)18(27)13-22(2)3/h11,16H,7-10,12-13H2,1-6H3. The van der Waals surface area contributed by atoms with Gasteiger partial charge in [0.05, 0.1) is 24.8 Å². The van der Waals surface area contributed by atoms with Crippen LogP contribution in [0, 0.1) is 0 Å². The van der Waals surface area contributed by atoms with Crippen LogP contribution in [0.5, 0.6) is 0 Å². The topological polar surface area (TPSA) is 72.9 Å². The molecule has 1 aliphatic heterocycles. The first-order valence-corrected chi connectivity index (χ1v) is 9.40. The third-order valence-electron chi connectivity index (χ3n) is 4.75. The quantitative estimate of drug-likeness (QED) is 0.741. The van der Waals surface area contributed by atoms with Crippen LogP contribution >= 0.6 is 0 Å². The van der Waals surface area contributed by atoms with Gasteiger partial charge in [0, 0.05) is 40.7 Å². The van der Waals surface area contributed by atoms with E-state index >= 15 is 0 Å². The van der Waals surface area contributed by atoms with Gasteiger partial charge < -0.3 is 19.6 Å². The Bertz CT molecular complexity index is 676. The predicted molar refractivity (Wildman–Crippen MR) is 105 cm³/mol. The molecule has 0 radical (unpaired) electrons. The van der Waals surface area contributed by atoms with Gasteiger partial charge in [-0.1, -0.05) is 0 Å².